The van der Waals surface area contributed by atoms with Crippen molar-refractivity contribution in [3.63, 3.8) is 0 Å². The van der Waals surface area contributed by atoms with E-state index in [9.17, 15) is 33.9 Å². The van der Waals surface area contributed by atoms with Crippen molar-refractivity contribution in [2.24, 2.45) is 23.7 Å². The summed E-state index contributed by atoms with van der Waals surface area (Å²) in [4.78, 5) is 79.6. The number of benzene rings is 1. The minimum Gasteiger partial charge on any atom is -0.444 e. The average Bonchev–Trinajstić information content (AvgIpc) is 3.07. The monoisotopic (exact) mass is 792 g/mol. The van der Waals surface area contributed by atoms with Crippen LogP contribution in [0.15, 0.2) is 30.3 Å². The van der Waals surface area contributed by atoms with Gasteiger partial charge in [-0.3, -0.25) is 24.0 Å². The molecule has 14 nitrogen and oxygen atoms in total. The maximum Gasteiger partial charge on any atom is 0.408 e. The van der Waals surface area contributed by atoms with Gasteiger partial charge in [0.15, 0.2) is 0 Å². The van der Waals surface area contributed by atoms with Gasteiger partial charge in [-0.1, -0.05) is 85.7 Å². The summed E-state index contributed by atoms with van der Waals surface area (Å²) >= 11 is 1.49. The van der Waals surface area contributed by atoms with Gasteiger partial charge in [0.2, 0.25) is 29.5 Å². The first kappa shape index (κ1) is 49.2. The van der Waals surface area contributed by atoms with Gasteiger partial charge in [0.25, 0.3) is 0 Å². The molecule has 0 unspecified atom stereocenters. The first-order valence-corrected chi connectivity index (χ1v) is 20.6. The highest BCUT2D eigenvalue weighted by molar-refractivity contribution is 7.98. The number of aliphatic hydroxyl groups excluding tert-OH is 1. The molecule has 0 fully saturated rings. The van der Waals surface area contributed by atoms with Crippen LogP contribution in [0.1, 0.15) is 101 Å². The highest BCUT2D eigenvalue weighted by Gasteiger charge is 2.34. The summed E-state index contributed by atoms with van der Waals surface area (Å²) < 4.78 is 5.33. The van der Waals surface area contributed by atoms with Crippen molar-refractivity contribution in [2.75, 3.05) is 12.0 Å². The Morgan fingerprint density at radius 3 is 1.75 bits per heavy atom. The van der Waals surface area contributed by atoms with Gasteiger partial charge in [-0.2, -0.15) is 11.8 Å². The molecule has 1 aromatic carbocycles. The van der Waals surface area contributed by atoms with Crippen LogP contribution in [0.3, 0.4) is 0 Å². The SMILES string of the molecule is CSCC[C@H](NC(=O)[C@@H](NC(=O)OC(C)(C)C)C(C)C)C(=O)N[C@@H](CC(C)C)[C@@H](O)CC(=O)N[C@H](C(=O)N[C@H](C(=O)NCc1ccccc1)C(C)C)C(C)C. The van der Waals surface area contributed by atoms with Gasteiger partial charge in [0.05, 0.1) is 18.6 Å². The maximum absolute atomic E-state index is 13.7. The number of rotatable bonds is 22. The molecule has 55 heavy (non-hydrogen) atoms. The molecule has 0 bridgehead atoms. The van der Waals surface area contributed by atoms with Gasteiger partial charge in [0, 0.05) is 6.54 Å². The number of amides is 6. The second-order valence-electron chi connectivity index (χ2n) is 16.4. The lowest BCUT2D eigenvalue weighted by molar-refractivity contribution is -0.134. The molecule has 1 aromatic rings. The van der Waals surface area contributed by atoms with Gasteiger partial charge in [0.1, 0.15) is 29.8 Å². The van der Waals surface area contributed by atoms with Crippen LogP contribution in [0.25, 0.3) is 0 Å². The second-order valence-corrected chi connectivity index (χ2v) is 17.4. The third-order valence-corrected chi connectivity index (χ3v) is 9.24. The molecule has 0 aromatic heterocycles. The van der Waals surface area contributed by atoms with E-state index in [1.165, 1.54) is 11.8 Å². The molecular formula is C40H68N6O8S. The standard InChI is InChI=1S/C40H68N6O8S/c1-23(2)20-29(43-35(49)28(18-19-55-12)42-37(51)34(26(7)8)46-39(53)54-40(9,10)11)30(47)21-31(48)44-33(25(5)6)38(52)45-32(24(3)4)36(50)41-22-27-16-14-13-15-17-27/h13-17,23-26,28-30,32-34,47H,18-22H2,1-12H3,(H,41,50)(H,42,51)(H,43,49)(H,44,48)(H,45,52)(H,46,53)/t28-,29-,30-,32-,33-,34-/m0/s1. The van der Waals surface area contributed by atoms with Crippen molar-refractivity contribution in [3.05, 3.63) is 35.9 Å². The Kier molecular flexibility index (Phi) is 21.4. The zero-order valence-electron chi connectivity index (χ0n) is 34.9. The van der Waals surface area contributed by atoms with Crippen LogP contribution in [0, 0.1) is 23.7 Å². The summed E-state index contributed by atoms with van der Waals surface area (Å²) in [6, 6.07) is 4.70. The lowest BCUT2D eigenvalue weighted by atomic mass is 9.95. The summed E-state index contributed by atoms with van der Waals surface area (Å²) in [6.45, 7) is 19.9. The Morgan fingerprint density at radius 1 is 0.709 bits per heavy atom. The minimum atomic E-state index is -1.33. The number of hydrogen-bond acceptors (Lipinski definition) is 9. The first-order valence-electron chi connectivity index (χ1n) is 19.2. The van der Waals surface area contributed by atoms with Crippen LogP contribution < -0.4 is 31.9 Å². The van der Waals surface area contributed by atoms with Crippen LogP contribution >= 0.6 is 11.8 Å². The second kappa shape index (κ2) is 23.9. The van der Waals surface area contributed by atoms with Gasteiger partial charge in [-0.05, 0) is 74.9 Å². The van der Waals surface area contributed by atoms with Crippen molar-refractivity contribution in [1.82, 2.24) is 31.9 Å². The Labute approximate surface area is 332 Å². The summed E-state index contributed by atoms with van der Waals surface area (Å²) in [5.74, 6) is -2.97. The maximum atomic E-state index is 13.7. The van der Waals surface area contributed by atoms with Crippen LogP contribution in [0.5, 0.6) is 0 Å². The van der Waals surface area contributed by atoms with Gasteiger partial charge in [-0.15, -0.1) is 0 Å². The first-order chi connectivity index (χ1) is 25.6. The van der Waals surface area contributed by atoms with E-state index in [-0.39, 0.29) is 36.0 Å². The van der Waals surface area contributed by atoms with Crippen molar-refractivity contribution in [3.8, 4) is 0 Å². The number of aliphatic hydroxyl groups is 1. The molecule has 0 saturated carbocycles. The van der Waals surface area contributed by atoms with Crippen LogP contribution in [-0.4, -0.2) is 94.7 Å². The predicted octanol–water partition coefficient (Wildman–Crippen LogP) is 3.65. The fourth-order valence-electron chi connectivity index (χ4n) is 5.61. The third kappa shape index (κ3) is 19.0. The number of carbonyl (C=O) groups is 6. The smallest absolute Gasteiger partial charge is 0.408 e. The lowest BCUT2D eigenvalue weighted by Gasteiger charge is -2.30. The largest absolute Gasteiger partial charge is 0.444 e. The molecule has 0 aliphatic carbocycles. The predicted molar refractivity (Wildman–Crippen MR) is 217 cm³/mol. The summed E-state index contributed by atoms with van der Waals surface area (Å²) in [7, 11) is 0. The van der Waals surface area contributed by atoms with Gasteiger partial charge < -0.3 is 41.7 Å². The van der Waals surface area contributed by atoms with Crippen molar-refractivity contribution in [2.45, 2.75) is 144 Å². The molecule has 0 aliphatic heterocycles. The number of ether oxygens (including phenoxy) is 1. The van der Waals surface area contributed by atoms with Crippen LogP contribution in [0.2, 0.25) is 0 Å². The molecule has 1 rings (SSSR count). The van der Waals surface area contributed by atoms with Gasteiger partial charge in [-0.25, -0.2) is 4.79 Å². The molecule has 6 atom stereocenters. The number of carbonyl (C=O) groups excluding carboxylic acids is 6. The number of nitrogens with one attached hydrogen (secondary N) is 6. The van der Waals surface area contributed by atoms with E-state index >= 15 is 0 Å². The summed E-state index contributed by atoms with van der Waals surface area (Å²) in [6.07, 6.45) is -0.0458. The zero-order valence-corrected chi connectivity index (χ0v) is 35.7. The Balaban J connectivity index is 3.06. The highest BCUT2D eigenvalue weighted by Crippen LogP contribution is 2.15. The van der Waals surface area contributed by atoms with Crippen molar-refractivity contribution < 1.29 is 38.6 Å². The number of alkyl carbamates (subject to hydrolysis) is 1. The van der Waals surface area contributed by atoms with E-state index in [1.54, 1.807) is 48.5 Å². The highest BCUT2D eigenvalue weighted by atomic mass is 32.2. The Morgan fingerprint density at radius 2 is 1.24 bits per heavy atom. The quantitative estimate of drug-likeness (QED) is 0.0915. The van der Waals surface area contributed by atoms with Crippen LogP contribution in [-0.2, 0) is 35.3 Å². The van der Waals surface area contributed by atoms with Crippen LogP contribution in [0.4, 0.5) is 4.79 Å². The Bertz CT molecular complexity index is 1390. The lowest BCUT2D eigenvalue weighted by Crippen LogP contribution is -2.58. The van der Waals surface area contributed by atoms with E-state index in [1.807, 2.05) is 64.3 Å². The molecule has 312 valence electrons. The zero-order chi connectivity index (χ0) is 42.0. The van der Waals surface area contributed by atoms with E-state index in [0.717, 1.165) is 5.56 Å². The molecule has 0 aliphatic rings. The molecule has 7 N–H and O–H groups in total. The van der Waals surface area contributed by atoms with E-state index in [4.69, 9.17) is 4.74 Å². The Hall–Kier alpha value is -3.85. The molecular weight excluding hydrogens is 725 g/mol. The summed E-state index contributed by atoms with van der Waals surface area (Å²) in [5.41, 5.74) is 0.140. The average molecular weight is 793 g/mol. The fraction of sp³-hybridized carbons (Fsp3) is 0.700. The molecule has 0 saturated heterocycles. The molecule has 0 radical (unpaired) electrons. The molecule has 0 heterocycles. The van der Waals surface area contributed by atoms with E-state index < -0.39 is 78.1 Å². The van der Waals surface area contributed by atoms with E-state index in [0.29, 0.717) is 18.7 Å². The topological polar surface area (TPSA) is 204 Å². The van der Waals surface area contributed by atoms with Crippen molar-refractivity contribution >= 4 is 47.4 Å². The fourth-order valence-corrected chi connectivity index (χ4v) is 6.08. The molecule has 6 amide bonds. The number of hydrogen-bond donors (Lipinski definition) is 7. The van der Waals surface area contributed by atoms with Crippen molar-refractivity contribution in [1.29, 1.82) is 0 Å². The number of thioether (sulfide) groups is 1. The molecule has 0 spiro atoms. The summed E-state index contributed by atoms with van der Waals surface area (Å²) in [5, 5.41) is 27.9. The molecule has 15 heteroatoms. The minimum absolute atomic E-state index is 0.0146. The van der Waals surface area contributed by atoms with Gasteiger partial charge >= 0.3 is 6.09 Å². The van der Waals surface area contributed by atoms with E-state index in [2.05, 4.69) is 31.9 Å². The third-order valence-electron chi connectivity index (χ3n) is 8.60. The normalized spacial score (nSPS) is 15.0.